The Morgan fingerprint density at radius 2 is 2.00 bits per heavy atom. The first kappa shape index (κ1) is 16.0. The SMILES string of the molecule is Cc1cccc[n+]1Cc1nc2scc(-c3ccc(Cl)cc3)c2c(=O)[nH]1. The van der Waals surface area contributed by atoms with Crippen LogP contribution in [-0.4, -0.2) is 9.97 Å². The molecule has 0 radical (unpaired) electrons. The van der Waals surface area contributed by atoms with Crippen molar-refractivity contribution in [1.82, 2.24) is 9.97 Å². The third-order valence-corrected chi connectivity index (χ3v) is 5.26. The van der Waals surface area contributed by atoms with Gasteiger partial charge in [-0.25, -0.2) is 4.98 Å². The second-order valence-corrected chi connectivity index (χ2v) is 7.11. The topological polar surface area (TPSA) is 49.6 Å². The molecule has 0 fully saturated rings. The second kappa shape index (κ2) is 6.43. The van der Waals surface area contributed by atoms with Crippen LogP contribution >= 0.6 is 22.9 Å². The Kier molecular flexibility index (Phi) is 4.11. The number of pyridine rings is 1. The molecule has 0 bridgehead atoms. The molecule has 4 nitrogen and oxygen atoms in total. The van der Waals surface area contributed by atoms with Crippen molar-refractivity contribution in [3.8, 4) is 11.1 Å². The maximum atomic E-state index is 12.7. The summed E-state index contributed by atoms with van der Waals surface area (Å²) in [4.78, 5) is 21.0. The summed E-state index contributed by atoms with van der Waals surface area (Å²) >= 11 is 7.44. The molecule has 1 N–H and O–H groups in total. The summed E-state index contributed by atoms with van der Waals surface area (Å²) in [5, 5.41) is 3.28. The van der Waals surface area contributed by atoms with Crippen molar-refractivity contribution >= 4 is 33.2 Å². The van der Waals surface area contributed by atoms with Gasteiger partial charge in [-0.3, -0.25) is 4.79 Å². The van der Waals surface area contributed by atoms with Crippen molar-refractivity contribution in [3.63, 3.8) is 0 Å². The second-order valence-electron chi connectivity index (χ2n) is 5.82. The maximum Gasteiger partial charge on any atom is 0.260 e. The number of nitrogens with zero attached hydrogens (tertiary/aromatic N) is 2. The van der Waals surface area contributed by atoms with Crippen LogP contribution in [0.15, 0.2) is 58.8 Å². The van der Waals surface area contributed by atoms with Gasteiger partial charge in [0.15, 0.2) is 17.7 Å². The number of thiophene rings is 1. The molecule has 0 amide bonds. The van der Waals surface area contributed by atoms with Gasteiger partial charge in [0, 0.05) is 35.0 Å². The van der Waals surface area contributed by atoms with E-state index in [2.05, 4.69) is 14.5 Å². The Morgan fingerprint density at radius 3 is 2.76 bits per heavy atom. The van der Waals surface area contributed by atoms with Crippen LogP contribution in [0.25, 0.3) is 21.3 Å². The molecule has 0 unspecified atom stereocenters. The molecular formula is C19H15ClN3OS+. The summed E-state index contributed by atoms with van der Waals surface area (Å²) in [6.45, 7) is 2.56. The average molecular weight is 369 g/mol. The standard InChI is InChI=1S/C19H14ClN3OS/c1-12-4-2-3-9-23(12)10-16-21-18(24)17-15(11-25-19(17)22-16)13-5-7-14(20)8-6-13/h2-9,11H,10H2,1H3/p+1. The van der Waals surface area contributed by atoms with E-state index in [4.69, 9.17) is 11.6 Å². The van der Waals surface area contributed by atoms with E-state index in [-0.39, 0.29) is 5.56 Å². The normalized spacial score (nSPS) is 11.1. The van der Waals surface area contributed by atoms with Crippen LogP contribution in [0.1, 0.15) is 11.5 Å². The van der Waals surface area contributed by atoms with Crippen molar-refractivity contribution < 1.29 is 4.57 Å². The molecule has 25 heavy (non-hydrogen) atoms. The minimum atomic E-state index is -0.111. The highest BCUT2D eigenvalue weighted by Gasteiger charge is 2.15. The minimum absolute atomic E-state index is 0.111. The quantitative estimate of drug-likeness (QED) is 0.557. The number of aromatic amines is 1. The van der Waals surface area contributed by atoms with Gasteiger partial charge in [0.05, 0.1) is 5.39 Å². The molecule has 0 spiro atoms. The van der Waals surface area contributed by atoms with Gasteiger partial charge in [-0.05, 0) is 17.7 Å². The summed E-state index contributed by atoms with van der Waals surface area (Å²) < 4.78 is 2.05. The highest BCUT2D eigenvalue weighted by Crippen LogP contribution is 2.31. The fourth-order valence-corrected chi connectivity index (χ4v) is 3.90. The van der Waals surface area contributed by atoms with Crippen LogP contribution in [0.2, 0.25) is 5.02 Å². The van der Waals surface area contributed by atoms with Crippen LogP contribution in [0.4, 0.5) is 0 Å². The molecule has 4 rings (SSSR count). The van der Waals surface area contributed by atoms with Crippen molar-refractivity contribution in [2.45, 2.75) is 13.5 Å². The van der Waals surface area contributed by atoms with E-state index in [9.17, 15) is 4.79 Å². The molecule has 0 aliphatic carbocycles. The number of rotatable bonds is 3. The number of halogens is 1. The van der Waals surface area contributed by atoms with E-state index in [0.717, 1.165) is 21.7 Å². The van der Waals surface area contributed by atoms with Gasteiger partial charge in [-0.15, -0.1) is 11.3 Å². The first-order chi connectivity index (χ1) is 12.1. The van der Waals surface area contributed by atoms with E-state index < -0.39 is 0 Å². The number of aryl methyl sites for hydroxylation is 1. The number of nitrogens with one attached hydrogen (secondary N) is 1. The van der Waals surface area contributed by atoms with Crippen molar-refractivity contribution in [2.24, 2.45) is 0 Å². The molecular weight excluding hydrogens is 354 g/mol. The molecule has 124 valence electrons. The van der Waals surface area contributed by atoms with Gasteiger partial charge in [0.25, 0.3) is 5.56 Å². The molecule has 0 aliphatic rings. The lowest BCUT2D eigenvalue weighted by Gasteiger charge is -2.02. The maximum absolute atomic E-state index is 12.7. The zero-order valence-corrected chi connectivity index (χ0v) is 15.1. The largest absolute Gasteiger partial charge is 0.305 e. The zero-order chi connectivity index (χ0) is 17.4. The van der Waals surface area contributed by atoms with Crippen LogP contribution in [0.5, 0.6) is 0 Å². The van der Waals surface area contributed by atoms with Gasteiger partial charge in [-0.1, -0.05) is 29.8 Å². The highest BCUT2D eigenvalue weighted by atomic mass is 35.5. The average Bonchev–Trinajstić information content (AvgIpc) is 3.02. The summed E-state index contributed by atoms with van der Waals surface area (Å²) in [5.74, 6) is 0.654. The molecule has 3 heterocycles. The number of aromatic nitrogens is 3. The molecule has 0 atom stereocenters. The Hall–Kier alpha value is -2.50. The summed E-state index contributed by atoms with van der Waals surface area (Å²) in [6.07, 6.45) is 1.98. The minimum Gasteiger partial charge on any atom is -0.305 e. The van der Waals surface area contributed by atoms with Crippen molar-refractivity contribution in [1.29, 1.82) is 0 Å². The van der Waals surface area contributed by atoms with Gasteiger partial charge < -0.3 is 4.98 Å². The molecule has 4 aromatic rings. The molecule has 3 aromatic heterocycles. The Balaban J connectivity index is 1.78. The molecule has 0 saturated heterocycles. The number of hydrogen-bond acceptors (Lipinski definition) is 3. The van der Waals surface area contributed by atoms with Crippen LogP contribution in [-0.2, 0) is 6.54 Å². The zero-order valence-electron chi connectivity index (χ0n) is 13.5. The van der Waals surface area contributed by atoms with E-state index in [1.54, 1.807) is 0 Å². The molecule has 1 aromatic carbocycles. The smallest absolute Gasteiger partial charge is 0.260 e. The monoisotopic (exact) mass is 368 g/mol. The van der Waals surface area contributed by atoms with Gasteiger partial charge in [0.2, 0.25) is 6.54 Å². The first-order valence-corrected chi connectivity index (χ1v) is 9.09. The van der Waals surface area contributed by atoms with Gasteiger partial charge in [0.1, 0.15) is 4.83 Å². The van der Waals surface area contributed by atoms with Crippen molar-refractivity contribution in [3.05, 3.63) is 80.9 Å². The van der Waals surface area contributed by atoms with Gasteiger partial charge >= 0.3 is 0 Å². The van der Waals surface area contributed by atoms with E-state index in [1.807, 2.05) is 61.0 Å². The van der Waals surface area contributed by atoms with Gasteiger partial charge in [-0.2, -0.15) is 4.57 Å². The highest BCUT2D eigenvalue weighted by molar-refractivity contribution is 7.17. The Labute approximate surface area is 153 Å². The summed E-state index contributed by atoms with van der Waals surface area (Å²) in [7, 11) is 0. The Morgan fingerprint density at radius 1 is 1.20 bits per heavy atom. The number of hydrogen-bond donors (Lipinski definition) is 1. The Bertz CT molecular complexity index is 1120. The first-order valence-electron chi connectivity index (χ1n) is 7.83. The predicted molar refractivity (Wildman–Crippen MR) is 101 cm³/mol. The van der Waals surface area contributed by atoms with Crippen LogP contribution in [0, 0.1) is 6.92 Å². The molecule has 0 saturated carbocycles. The molecule has 6 heteroatoms. The van der Waals surface area contributed by atoms with Crippen LogP contribution < -0.4 is 10.1 Å². The van der Waals surface area contributed by atoms with E-state index in [0.29, 0.717) is 22.8 Å². The lowest BCUT2D eigenvalue weighted by molar-refractivity contribution is -0.695. The van der Waals surface area contributed by atoms with Crippen LogP contribution in [0.3, 0.4) is 0 Å². The lowest BCUT2D eigenvalue weighted by atomic mass is 10.1. The fraction of sp³-hybridized carbons (Fsp3) is 0.105. The number of fused-ring (bicyclic) bond motifs is 1. The fourth-order valence-electron chi connectivity index (χ4n) is 2.81. The number of benzene rings is 1. The third-order valence-electron chi connectivity index (χ3n) is 4.14. The summed E-state index contributed by atoms with van der Waals surface area (Å²) in [5.41, 5.74) is 2.85. The lowest BCUT2D eigenvalue weighted by Crippen LogP contribution is -2.38. The van der Waals surface area contributed by atoms with E-state index in [1.165, 1.54) is 11.3 Å². The molecule has 0 aliphatic heterocycles. The number of H-pyrrole nitrogens is 1. The van der Waals surface area contributed by atoms with E-state index >= 15 is 0 Å². The predicted octanol–water partition coefficient (Wildman–Crippen LogP) is 3.95. The van der Waals surface area contributed by atoms with Crippen molar-refractivity contribution in [2.75, 3.05) is 0 Å². The third kappa shape index (κ3) is 3.08. The summed E-state index contributed by atoms with van der Waals surface area (Å²) in [6, 6.07) is 13.5.